The first-order valence-corrected chi connectivity index (χ1v) is 6.70. The van der Waals surface area contributed by atoms with E-state index in [1.165, 1.54) is 25.3 Å². The number of nitro benzene ring substituents is 1. The van der Waals surface area contributed by atoms with Gasteiger partial charge in [-0.3, -0.25) is 14.8 Å². The summed E-state index contributed by atoms with van der Waals surface area (Å²) in [5, 5.41) is 15.2. The number of hydrogen-bond donors (Lipinski definition) is 1. The lowest BCUT2D eigenvalue weighted by atomic mass is 9.85. The van der Waals surface area contributed by atoms with Crippen molar-refractivity contribution in [2.45, 2.75) is 25.8 Å². The van der Waals surface area contributed by atoms with E-state index < -0.39 is 4.92 Å². The summed E-state index contributed by atoms with van der Waals surface area (Å²) in [6, 6.07) is 4.85. The Balaban J connectivity index is 1.85. The Bertz CT molecular complexity index is 646. The number of anilines is 1. The predicted molar refractivity (Wildman–Crippen MR) is 76.1 cm³/mol. The van der Waals surface area contributed by atoms with Crippen LogP contribution in [0.25, 0.3) is 11.1 Å². The van der Waals surface area contributed by atoms with Crippen molar-refractivity contribution in [2.24, 2.45) is 5.92 Å². The predicted octanol–water partition coefficient (Wildman–Crippen LogP) is 2.84. The van der Waals surface area contributed by atoms with Gasteiger partial charge in [0, 0.05) is 24.4 Å². The van der Waals surface area contributed by atoms with Crippen LogP contribution in [0.4, 0.5) is 11.4 Å². The summed E-state index contributed by atoms with van der Waals surface area (Å²) in [6.45, 7) is 0.928. The molecule has 0 saturated heterocycles. The van der Waals surface area contributed by atoms with Gasteiger partial charge >= 0.3 is 0 Å². The number of benzene rings is 1. The van der Waals surface area contributed by atoms with Gasteiger partial charge in [0.2, 0.25) is 0 Å². The molecule has 1 heterocycles. The molecule has 2 aromatic rings. The monoisotopic (exact) mass is 272 g/mol. The molecular weight excluding hydrogens is 256 g/mol. The fourth-order valence-corrected chi connectivity index (χ4v) is 2.43. The van der Waals surface area contributed by atoms with Crippen molar-refractivity contribution in [1.29, 1.82) is 0 Å². The molecule has 0 atom stereocenters. The molecule has 0 aliphatic heterocycles. The SMILES string of the molecule is Nc1ccc(-c2cnn(CC3CCC3)c2)cc1[N+](=O)[O-]. The molecular formula is C14H16N4O2. The third-order valence-electron chi connectivity index (χ3n) is 3.86. The van der Waals surface area contributed by atoms with Crippen molar-refractivity contribution < 1.29 is 4.92 Å². The molecule has 0 radical (unpaired) electrons. The number of nitrogen functional groups attached to an aromatic ring is 1. The van der Waals surface area contributed by atoms with Gasteiger partial charge in [-0.1, -0.05) is 12.5 Å². The molecule has 6 heteroatoms. The zero-order chi connectivity index (χ0) is 14.1. The second-order valence-corrected chi connectivity index (χ2v) is 5.28. The molecule has 20 heavy (non-hydrogen) atoms. The van der Waals surface area contributed by atoms with Gasteiger partial charge in [-0.05, 0) is 30.4 Å². The Hall–Kier alpha value is -2.37. The fraction of sp³-hybridized carbons (Fsp3) is 0.357. The molecule has 0 unspecified atom stereocenters. The molecule has 1 saturated carbocycles. The zero-order valence-electron chi connectivity index (χ0n) is 11.0. The second kappa shape index (κ2) is 4.96. The van der Waals surface area contributed by atoms with Crippen LogP contribution in [0, 0.1) is 16.0 Å². The summed E-state index contributed by atoms with van der Waals surface area (Å²) >= 11 is 0. The van der Waals surface area contributed by atoms with Crippen LogP contribution in [0.1, 0.15) is 19.3 Å². The van der Waals surface area contributed by atoms with Crippen LogP contribution in [0.2, 0.25) is 0 Å². The summed E-state index contributed by atoms with van der Waals surface area (Å²) in [6.07, 6.45) is 7.52. The highest BCUT2D eigenvalue weighted by Crippen LogP contribution is 2.30. The molecule has 1 fully saturated rings. The third-order valence-corrected chi connectivity index (χ3v) is 3.86. The Morgan fingerprint density at radius 3 is 2.85 bits per heavy atom. The highest BCUT2D eigenvalue weighted by Gasteiger charge is 2.18. The molecule has 1 aliphatic carbocycles. The number of aromatic nitrogens is 2. The number of rotatable bonds is 4. The largest absolute Gasteiger partial charge is 0.393 e. The first kappa shape index (κ1) is 12.7. The van der Waals surface area contributed by atoms with Crippen molar-refractivity contribution >= 4 is 11.4 Å². The van der Waals surface area contributed by atoms with Gasteiger partial charge in [0.05, 0.1) is 11.1 Å². The lowest BCUT2D eigenvalue weighted by Crippen LogP contribution is -2.18. The van der Waals surface area contributed by atoms with E-state index in [2.05, 4.69) is 5.10 Å². The summed E-state index contributed by atoms with van der Waals surface area (Å²) in [5.74, 6) is 0.725. The van der Waals surface area contributed by atoms with Crippen molar-refractivity contribution in [1.82, 2.24) is 9.78 Å². The molecule has 0 spiro atoms. The minimum absolute atomic E-state index is 0.0609. The molecule has 1 aliphatic rings. The van der Waals surface area contributed by atoms with Crippen molar-refractivity contribution in [3.05, 3.63) is 40.7 Å². The normalized spacial score (nSPS) is 15.0. The molecule has 0 amide bonds. The van der Waals surface area contributed by atoms with E-state index in [0.717, 1.165) is 23.6 Å². The number of nitro groups is 1. The van der Waals surface area contributed by atoms with Gasteiger partial charge in [0.15, 0.2) is 0 Å². The maximum atomic E-state index is 10.9. The molecule has 6 nitrogen and oxygen atoms in total. The maximum absolute atomic E-state index is 10.9. The van der Waals surface area contributed by atoms with Crippen LogP contribution in [-0.4, -0.2) is 14.7 Å². The smallest absolute Gasteiger partial charge is 0.292 e. The summed E-state index contributed by atoms with van der Waals surface area (Å²) < 4.78 is 1.92. The van der Waals surface area contributed by atoms with E-state index >= 15 is 0 Å². The van der Waals surface area contributed by atoms with Gasteiger partial charge in [-0.15, -0.1) is 0 Å². The van der Waals surface area contributed by atoms with Gasteiger partial charge in [-0.25, -0.2) is 0 Å². The molecule has 3 rings (SSSR count). The Morgan fingerprint density at radius 1 is 1.40 bits per heavy atom. The van der Waals surface area contributed by atoms with E-state index in [1.807, 2.05) is 10.9 Å². The third kappa shape index (κ3) is 2.36. The van der Waals surface area contributed by atoms with Gasteiger partial charge in [0.1, 0.15) is 5.69 Å². The van der Waals surface area contributed by atoms with Crippen LogP contribution in [0.15, 0.2) is 30.6 Å². The lowest BCUT2D eigenvalue weighted by molar-refractivity contribution is -0.383. The van der Waals surface area contributed by atoms with Crippen molar-refractivity contribution in [3.63, 3.8) is 0 Å². The lowest BCUT2D eigenvalue weighted by Gasteiger charge is -2.24. The minimum Gasteiger partial charge on any atom is -0.393 e. The van der Waals surface area contributed by atoms with Gasteiger partial charge in [-0.2, -0.15) is 5.10 Å². The van der Waals surface area contributed by atoms with E-state index in [4.69, 9.17) is 5.73 Å². The summed E-state index contributed by atoms with van der Waals surface area (Å²) in [4.78, 5) is 10.4. The number of nitrogens with two attached hydrogens (primary N) is 1. The molecule has 104 valence electrons. The Labute approximate surface area is 116 Å². The zero-order valence-corrected chi connectivity index (χ0v) is 11.0. The van der Waals surface area contributed by atoms with Crippen LogP contribution in [-0.2, 0) is 6.54 Å². The first-order chi connectivity index (χ1) is 9.63. The van der Waals surface area contributed by atoms with Crippen LogP contribution in [0.5, 0.6) is 0 Å². The maximum Gasteiger partial charge on any atom is 0.292 e. The summed E-state index contributed by atoms with van der Waals surface area (Å²) in [7, 11) is 0. The first-order valence-electron chi connectivity index (χ1n) is 6.70. The molecule has 0 bridgehead atoms. The van der Waals surface area contributed by atoms with Gasteiger partial charge < -0.3 is 5.73 Å². The molecule has 1 aromatic carbocycles. The standard InChI is InChI=1S/C14H16N4O2/c15-13-5-4-11(6-14(13)18(19)20)12-7-16-17(9-12)8-10-2-1-3-10/h4-7,9-10H,1-3,8,15H2. The Morgan fingerprint density at radius 2 is 2.20 bits per heavy atom. The Kier molecular flexibility index (Phi) is 3.14. The van der Waals surface area contributed by atoms with Crippen LogP contribution < -0.4 is 5.73 Å². The highest BCUT2D eigenvalue weighted by molar-refractivity contribution is 5.71. The van der Waals surface area contributed by atoms with E-state index in [-0.39, 0.29) is 11.4 Å². The van der Waals surface area contributed by atoms with Gasteiger partial charge in [0.25, 0.3) is 5.69 Å². The molecule has 1 aromatic heterocycles. The van der Waals surface area contributed by atoms with Crippen LogP contribution >= 0.6 is 0 Å². The van der Waals surface area contributed by atoms with E-state index in [0.29, 0.717) is 0 Å². The van der Waals surface area contributed by atoms with E-state index in [9.17, 15) is 10.1 Å². The summed E-state index contributed by atoms with van der Waals surface area (Å²) in [5.41, 5.74) is 7.37. The van der Waals surface area contributed by atoms with Crippen molar-refractivity contribution in [3.8, 4) is 11.1 Å². The quantitative estimate of drug-likeness (QED) is 0.526. The average molecular weight is 272 g/mol. The number of hydrogen-bond acceptors (Lipinski definition) is 4. The topological polar surface area (TPSA) is 87.0 Å². The highest BCUT2D eigenvalue weighted by atomic mass is 16.6. The fourth-order valence-electron chi connectivity index (χ4n) is 2.43. The van der Waals surface area contributed by atoms with E-state index in [1.54, 1.807) is 18.3 Å². The van der Waals surface area contributed by atoms with Crippen LogP contribution in [0.3, 0.4) is 0 Å². The minimum atomic E-state index is -0.461. The second-order valence-electron chi connectivity index (χ2n) is 5.28. The average Bonchev–Trinajstić information content (AvgIpc) is 2.83. The van der Waals surface area contributed by atoms with Crippen molar-refractivity contribution in [2.75, 3.05) is 5.73 Å². The number of nitrogens with zero attached hydrogens (tertiary/aromatic N) is 3. The molecule has 2 N–H and O–H groups in total.